The molecule has 1 aliphatic heterocycles. The van der Waals surface area contributed by atoms with E-state index >= 15 is 0 Å². The summed E-state index contributed by atoms with van der Waals surface area (Å²) in [4.78, 5) is 8.98. The van der Waals surface area contributed by atoms with Crippen molar-refractivity contribution in [3.8, 4) is 0 Å². The van der Waals surface area contributed by atoms with Crippen LogP contribution in [0.1, 0.15) is 38.4 Å². The molecule has 0 atom stereocenters. The lowest BCUT2D eigenvalue weighted by atomic mass is 10.1. The first-order chi connectivity index (χ1) is 10.7. The molecule has 7 nitrogen and oxygen atoms in total. The number of likely N-dealkylation sites (N-methyl/N-ethyl adjacent to an activating group) is 1. The zero-order chi connectivity index (χ0) is 15.8. The number of nitrogens with two attached hydrogens (primary N) is 1. The van der Waals surface area contributed by atoms with E-state index in [2.05, 4.69) is 33.8 Å². The standard InChI is InChI=1S/C15H29N5O2/c1-3-19(4-2)9-10-21-13-5-7-20(8-6-13)12-14-17-15(11-16)22-18-14/h13H,3-12,16H2,1-2H3. The SMILES string of the molecule is CCN(CC)CCOC1CCN(Cc2noc(CN)n2)CC1. The van der Waals surface area contributed by atoms with Gasteiger partial charge >= 0.3 is 0 Å². The van der Waals surface area contributed by atoms with Gasteiger partial charge in [0, 0.05) is 19.6 Å². The fourth-order valence-corrected chi connectivity index (χ4v) is 2.76. The van der Waals surface area contributed by atoms with E-state index < -0.39 is 0 Å². The van der Waals surface area contributed by atoms with E-state index in [0.717, 1.165) is 64.5 Å². The summed E-state index contributed by atoms with van der Waals surface area (Å²) in [6, 6.07) is 0. The van der Waals surface area contributed by atoms with Crippen LogP contribution in [0.15, 0.2) is 4.52 Å². The fourth-order valence-electron chi connectivity index (χ4n) is 2.76. The van der Waals surface area contributed by atoms with Crippen molar-refractivity contribution in [1.29, 1.82) is 0 Å². The molecule has 0 spiro atoms. The van der Waals surface area contributed by atoms with Crippen molar-refractivity contribution in [2.24, 2.45) is 5.73 Å². The largest absolute Gasteiger partial charge is 0.377 e. The first kappa shape index (κ1) is 17.3. The summed E-state index contributed by atoms with van der Waals surface area (Å²) in [5.74, 6) is 1.23. The molecule has 0 aliphatic carbocycles. The molecule has 0 bridgehead atoms. The molecule has 22 heavy (non-hydrogen) atoms. The maximum atomic E-state index is 6.00. The van der Waals surface area contributed by atoms with E-state index in [9.17, 15) is 0 Å². The monoisotopic (exact) mass is 311 g/mol. The minimum Gasteiger partial charge on any atom is -0.377 e. The lowest BCUT2D eigenvalue weighted by Crippen LogP contribution is -2.38. The Kier molecular flexibility index (Phi) is 7.24. The highest BCUT2D eigenvalue weighted by molar-refractivity contribution is 4.87. The van der Waals surface area contributed by atoms with Crippen molar-refractivity contribution >= 4 is 0 Å². The zero-order valence-corrected chi connectivity index (χ0v) is 13.8. The first-order valence-electron chi connectivity index (χ1n) is 8.33. The third-order valence-corrected chi connectivity index (χ3v) is 4.24. The summed E-state index contributed by atoms with van der Waals surface area (Å²) in [6.07, 6.45) is 2.52. The van der Waals surface area contributed by atoms with E-state index in [1.807, 2.05) is 0 Å². The molecule has 0 saturated carbocycles. The summed E-state index contributed by atoms with van der Waals surface area (Å²) in [5.41, 5.74) is 5.47. The van der Waals surface area contributed by atoms with Crippen LogP contribution in [0, 0.1) is 0 Å². The zero-order valence-electron chi connectivity index (χ0n) is 13.8. The average Bonchev–Trinajstić information content (AvgIpc) is 3.01. The molecule has 2 heterocycles. The van der Waals surface area contributed by atoms with Crippen molar-refractivity contribution in [3.63, 3.8) is 0 Å². The Morgan fingerprint density at radius 3 is 2.64 bits per heavy atom. The lowest BCUT2D eigenvalue weighted by Gasteiger charge is -2.31. The molecule has 7 heteroatoms. The summed E-state index contributed by atoms with van der Waals surface area (Å²) >= 11 is 0. The average molecular weight is 311 g/mol. The number of rotatable bonds is 9. The van der Waals surface area contributed by atoms with Gasteiger partial charge in [0.15, 0.2) is 5.82 Å². The molecule has 2 rings (SSSR count). The van der Waals surface area contributed by atoms with Gasteiger partial charge in [-0.1, -0.05) is 19.0 Å². The molecule has 0 unspecified atom stereocenters. The molecule has 0 aromatic carbocycles. The van der Waals surface area contributed by atoms with Crippen molar-refractivity contribution in [2.45, 2.75) is 45.9 Å². The van der Waals surface area contributed by atoms with Crippen LogP contribution in [0.4, 0.5) is 0 Å². The van der Waals surface area contributed by atoms with Gasteiger partial charge in [-0.15, -0.1) is 0 Å². The molecule has 1 aromatic rings. The molecule has 2 N–H and O–H groups in total. The van der Waals surface area contributed by atoms with Crippen LogP contribution in [0.2, 0.25) is 0 Å². The van der Waals surface area contributed by atoms with Gasteiger partial charge in [0.2, 0.25) is 5.89 Å². The smallest absolute Gasteiger partial charge is 0.240 e. The molecule has 0 radical (unpaired) electrons. The summed E-state index contributed by atoms with van der Waals surface area (Å²) < 4.78 is 11.0. The molecule has 1 fully saturated rings. The van der Waals surface area contributed by atoms with E-state index in [4.69, 9.17) is 15.0 Å². The molecule has 0 amide bonds. The minimum atomic E-state index is 0.301. The lowest BCUT2D eigenvalue weighted by molar-refractivity contribution is -0.00273. The Bertz CT molecular complexity index is 414. The van der Waals surface area contributed by atoms with Gasteiger partial charge in [0.05, 0.1) is 25.8 Å². The molecule has 126 valence electrons. The summed E-state index contributed by atoms with van der Waals surface area (Å²) in [7, 11) is 0. The maximum absolute atomic E-state index is 6.00. The molecular formula is C15H29N5O2. The third kappa shape index (κ3) is 5.31. The second-order valence-corrected chi connectivity index (χ2v) is 5.68. The summed E-state index contributed by atoms with van der Waals surface area (Å²) in [6.45, 7) is 11.5. The van der Waals surface area contributed by atoms with Crippen LogP contribution in [0.3, 0.4) is 0 Å². The van der Waals surface area contributed by atoms with E-state index in [1.165, 1.54) is 0 Å². The Hall–Kier alpha value is -1.02. The van der Waals surface area contributed by atoms with Gasteiger partial charge in [-0.25, -0.2) is 0 Å². The number of hydrogen-bond donors (Lipinski definition) is 1. The van der Waals surface area contributed by atoms with Crippen LogP contribution in [-0.4, -0.2) is 65.4 Å². The maximum Gasteiger partial charge on any atom is 0.240 e. The van der Waals surface area contributed by atoms with Crippen LogP contribution in [0.5, 0.6) is 0 Å². The topological polar surface area (TPSA) is 80.7 Å². The Morgan fingerprint density at radius 2 is 2.05 bits per heavy atom. The normalized spacial score (nSPS) is 17.5. The quantitative estimate of drug-likeness (QED) is 0.724. The van der Waals surface area contributed by atoms with Gasteiger partial charge in [-0.05, 0) is 25.9 Å². The van der Waals surface area contributed by atoms with Crippen LogP contribution in [-0.2, 0) is 17.8 Å². The Morgan fingerprint density at radius 1 is 1.32 bits per heavy atom. The molecular weight excluding hydrogens is 282 g/mol. The second-order valence-electron chi connectivity index (χ2n) is 5.68. The molecule has 1 aromatic heterocycles. The Balaban J connectivity index is 1.63. The Labute approximate surface area is 132 Å². The van der Waals surface area contributed by atoms with Gasteiger partial charge in [0.25, 0.3) is 0 Å². The number of likely N-dealkylation sites (tertiary alicyclic amines) is 1. The van der Waals surface area contributed by atoms with E-state index in [1.54, 1.807) is 0 Å². The number of ether oxygens (including phenoxy) is 1. The fraction of sp³-hybridized carbons (Fsp3) is 0.867. The number of piperidine rings is 1. The van der Waals surface area contributed by atoms with Crippen LogP contribution in [0.25, 0.3) is 0 Å². The van der Waals surface area contributed by atoms with Crippen molar-refractivity contribution in [3.05, 3.63) is 11.7 Å². The number of hydrogen-bond acceptors (Lipinski definition) is 7. The predicted molar refractivity (Wildman–Crippen MR) is 84.2 cm³/mol. The predicted octanol–water partition coefficient (Wildman–Crippen LogP) is 0.851. The highest BCUT2D eigenvalue weighted by Crippen LogP contribution is 2.15. The van der Waals surface area contributed by atoms with Crippen molar-refractivity contribution in [1.82, 2.24) is 19.9 Å². The minimum absolute atomic E-state index is 0.301. The highest BCUT2D eigenvalue weighted by atomic mass is 16.5. The summed E-state index contributed by atoms with van der Waals surface area (Å²) in [5, 5.41) is 3.94. The second kappa shape index (κ2) is 9.19. The van der Waals surface area contributed by atoms with E-state index in [0.29, 0.717) is 18.5 Å². The van der Waals surface area contributed by atoms with Crippen molar-refractivity contribution < 1.29 is 9.26 Å². The van der Waals surface area contributed by atoms with E-state index in [-0.39, 0.29) is 0 Å². The van der Waals surface area contributed by atoms with Gasteiger partial charge in [-0.2, -0.15) is 4.98 Å². The van der Waals surface area contributed by atoms with Crippen molar-refractivity contribution in [2.75, 3.05) is 39.3 Å². The third-order valence-electron chi connectivity index (χ3n) is 4.24. The molecule has 1 aliphatic rings. The van der Waals surface area contributed by atoms with Crippen LogP contribution < -0.4 is 5.73 Å². The van der Waals surface area contributed by atoms with Gasteiger partial charge < -0.3 is 19.9 Å². The first-order valence-corrected chi connectivity index (χ1v) is 8.33. The van der Waals surface area contributed by atoms with Gasteiger partial charge in [0.1, 0.15) is 0 Å². The number of aromatic nitrogens is 2. The van der Waals surface area contributed by atoms with Crippen LogP contribution >= 0.6 is 0 Å². The molecule has 1 saturated heterocycles. The highest BCUT2D eigenvalue weighted by Gasteiger charge is 2.21. The number of nitrogens with zero attached hydrogens (tertiary/aromatic N) is 4. The van der Waals surface area contributed by atoms with Gasteiger partial charge in [-0.3, -0.25) is 4.90 Å².